The fourth-order valence-electron chi connectivity index (χ4n) is 0.385. The van der Waals surface area contributed by atoms with Gasteiger partial charge in [0.25, 0.3) is 0 Å². The zero-order valence-electron chi connectivity index (χ0n) is 5.36. The third-order valence-corrected chi connectivity index (χ3v) is 1.08. The van der Waals surface area contributed by atoms with Crippen LogP contribution >= 0.6 is 15.9 Å². The predicted molar refractivity (Wildman–Crippen MR) is 41.6 cm³/mol. The second-order valence-corrected chi connectivity index (χ2v) is 2.10. The molecule has 1 amide bonds. The minimum atomic E-state index is -0.0306. The summed E-state index contributed by atoms with van der Waals surface area (Å²) in [4.78, 5) is 10.6. The van der Waals surface area contributed by atoms with E-state index in [1.54, 1.807) is 6.08 Å². The van der Waals surface area contributed by atoms with Gasteiger partial charge in [0, 0.05) is 11.9 Å². The Hall–Kier alpha value is -0.310. The number of hydrogen-bond donors (Lipinski definition) is 1. The molecule has 0 saturated heterocycles. The lowest BCUT2D eigenvalue weighted by Crippen LogP contribution is -2.19. The van der Waals surface area contributed by atoms with Gasteiger partial charge in [0.15, 0.2) is 0 Å². The van der Waals surface area contributed by atoms with E-state index in [1.807, 2.05) is 6.92 Å². The lowest BCUT2D eigenvalue weighted by Gasteiger charge is -1.92. The molecular formula is C6H10BrNO. The zero-order valence-corrected chi connectivity index (χ0v) is 6.94. The monoisotopic (exact) mass is 191 g/mol. The molecule has 0 fully saturated rings. The average molecular weight is 192 g/mol. The van der Waals surface area contributed by atoms with Crippen molar-refractivity contribution in [3.63, 3.8) is 0 Å². The summed E-state index contributed by atoms with van der Waals surface area (Å²) < 4.78 is 0. The first-order valence-corrected chi connectivity index (χ1v) is 3.93. The minimum Gasteiger partial charge on any atom is -0.353 e. The number of hydrogen-bond acceptors (Lipinski definition) is 1. The van der Waals surface area contributed by atoms with E-state index < -0.39 is 0 Å². The molecule has 9 heavy (non-hydrogen) atoms. The number of nitrogens with one attached hydrogen (secondary N) is 1. The fourth-order valence-corrected chi connectivity index (χ4v) is 0.572. The molecule has 0 unspecified atom stereocenters. The van der Waals surface area contributed by atoms with Crippen LogP contribution in [0.3, 0.4) is 0 Å². The molecule has 1 N–H and O–H groups in total. The van der Waals surface area contributed by atoms with Gasteiger partial charge < -0.3 is 5.32 Å². The predicted octanol–water partition coefficient (Wildman–Crippen LogP) is 1.07. The number of amides is 1. The molecule has 0 aliphatic heterocycles. The van der Waals surface area contributed by atoms with Crippen molar-refractivity contribution in [2.75, 3.05) is 11.9 Å². The highest BCUT2D eigenvalue weighted by molar-refractivity contribution is 9.09. The number of likely N-dealkylation sites (N-methyl/N-ethyl adjacent to an activating group) is 1. The number of alkyl halides is 1. The van der Waals surface area contributed by atoms with Crippen LogP contribution in [0.15, 0.2) is 12.2 Å². The largest absolute Gasteiger partial charge is 0.353 e. The summed E-state index contributed by atoms with van der Waals surface area (Å²) in [6.45, 7) is 2.57. The van der Waals surface area contributed by atoms with Gasteiger partial charge in [-0.1, -0.05) is 22.0 Å². The standard InChI is InChI=1S/C6H10BrNO/c1-2-8-6(9)4-3-5-7/h3-4H,2,5H2,1H3,(H,8,9)/b4-3+. The third-order valence-electron chi connectivity index (χ3n) is 0.709. The number of carbonyl (C=O) groups is 1. The van der Waals surface area contributed by atoms with E-state index in [4.69, 9.17) is 0 Å². The van der Waals surface area contributed by atoms with Gasteiger partial charge in [-0.2, -0.15) is 0 Å². The van der Waals surface area contributed by atoms with Gasteiger partial charge in [-0.25, -0.2) is 0 Å². The number of rotatable bonds is 3. The Bertz CT molecular complexity index is 112. The van der Waals surface area contributed by atoms with Gasteiger partial charge in [-0.05, 0) is 13.0 Å². The van der Waals surface area contributed by atoms with Gasteiger partial charge in [0.1, 0.15) is 0 Å². The summed E-state index contributed by atoms with van der Waals surface area (Å²) in [5.41, 5.74) is 0. The van der Waals surface area contributed by atoms with Crippen molar-refractivity contribution >= 4 is 21.8 Å². The quantitative estimate of drug-likeness (QED) is 0.526. The molecule has 2 nitrogen and oxygen atoms in total. The normalized spacial score (nSPS) is 10.0. The Kier molecular flexibility index (Phi) is 5.62. The Morgan fingerprint density at radius 3 is 2.89 bits per heavy atom. The fraction of sp³-hybridized carbons (Fsp3) is 0.500. The third kappa shape index (κ3) is 5.56. The molecule has 0 atom stereocenters. The molecular weight excluding hydrogens is 182 g/mol. The van der Waals surface area contributed by atoms with Gasteiger partial charge in [0.2, 0.25) is 5.91 Å². The molecule has 0 aliphatic carbocycles. The van der Waals surface area contributed by atoms with Gasteiger partial charge in [0.05, 0.1) is 0 Å². The Morgan fingerprint density at radius 2 is 2.44 bits per heavy atom. The summed E-state index contributed by atoms with van der Waals surface area (Å²) in [6, 6.07) is 0. The molecule has 0 aromatic heterocycles. The summed E-state index contributed by atoms with van der Waals surface area (Å²) >= 11 is 3.16. The maximum absolute atomic E-state index is 10.6. The minimum absolute atomic E-state index is 0.0306. The zero-order chi connectivity index (χ0) is 7.11. The van der Waals surface area contributed by atoms with Gasteiger partial charge in [-0.3, -0.25) is 4.79 Å². The second-order valence-electron chi connectivity index (χ2n) is 1.45. The summed E-state index contributed by atoms with van der Waals surface area (Å²) in [7, 11) is 0. The van der Waals surface area contributed by atoms with Crippen LogP contribution in [-0.2, 0) is 4.79 Å². The number of carbonyl (C=O) groups excluding carboxylic acids is 1. The summed E-state index contributed by atoms with van der Waals surface area (Å²) in [5.74, 6) is -0.0306. The first kappa shape index (κ1) is 8.69. The van der Waals surface area contributed by atoms with Crippen LogP contribution in [0.1, 0.15) is 6.92 Å². The van der Waals surface area contributed by atoms with E-state index in [-0.39, 0.29) is 5.91 Å². The van der Waals surface area contributed by atoms with Crippen molar-refractivity contribution < 1.29 is 4.79 Å². The van der Waals surface area contributed by atoms with Crippen molar-refractivity contribution in [2.45, 2.75) is 6.92 Å². The van der Waals surface area contributed by atoms with Crippen molar-refractivity contribution in [1.82, 2.24) is 5.32 Å². The topological polar surface area (TPSA) is 29.1 Å². The molecule has 3 heteroatoms. The Morgan fingerprint density at radius 1 is 1.78 bits per heavy atom. The van der Waals surface area contributed by atoms with Crippen LogP contribution in [0.25, 0.3) is 0 Å². The lowest BCUT2D eigenvalue weighted by molar-refractivity contribution is -0.116. The SMILES string of the molecule is CCNC(=O)/C=C/CBr. The highest BCUT2D eigenvalue weighted by atomic mass is 79.9. The van der Waals surface area contributed by atoms with Crippen molar-refractivity contribution in [2.24, 2.45) is 0 Å². The molecule has 0 saturated carbocycles. The Labute approximate surface area is 63.5 Å². The highest BCUT2D eigenvalue weighted by Gasteiger charge is 1.86. The summed E-state index contributed by atoms with van der Waals surface area (Å²) in [5, 5.41) is 3.36. The first-order chi connectivity index (χ1) is 4.31. The molecule has 0 aliphatic rings. The lowest BCUT2D eigenvalue weighted by atomic mass is 10.5. The first-order valence-electron chi connectivity index (χ1n) is 2.81. The maximum atomic E-state index is 10.6. The molecule has 0 spiro atoms. The van der Waals surface area contributed by atoms with Crippen molar-refractivity contribution in [3.05, 3.63) is 12.2 Å². The van der Waals surface area contributed by atoms with Crippen molar-refractivity contribution in [3.8, 4) is 0 Å². The van der Waals surface area contributed by atoms with E-state index in [1.165, 1.54) is 6.08 Å². The van der Waals surface area contributed by atoms with Crippen LogP contribution in [-0.4, -0.2) is 17.8 Å². The van der Waals surface area contributed by atoms with Crippen LogP contribution in [0.2, 0.25) is 0 Å². The molecule has 0 bridgehead atoms. The number of allylic oxidation sites excluding steroid dienone is 1. The second kappa shape index (κ2) is 5.82. The smallest absolute Gasteiger partial charge is 0.243 e. The van der Waals surface area contributed by atoms with E-state index >= 15 is 0 Å². The molecule has 0 aromatic rings. The molecule has 0 rings (SSSR count). The highest BCUT2D eigenvalue weighted by Crippen LogP contribution is 1.80. The van der Waals surface area contributed by atoms with Crippen LogP contribution in [0, 0.1) is 0 Å². The molecule has 0 radical (unpaired) electrons. The van der Waals surface area contributed by atoms with Gasteiger partial charge in [-0.15, -0.1) is 0 Å². The molecule has 0 heterocycles. The van der Waals surface area contributed by atoms with E-state index in [0.717, 1.165) is 5.33 Å². The van der Waals surface area contributed by atoms with Crippen molar-refractivity contribution in [1.29, 1.82) is 0 Å². The van der Waals surface area contributed by atoms with Crippen LogP contribution < -0.4 is 5.32 Å². The average Bonchev–Trinajstić information content (AvgIpc) is 1.85. The Balaban J connectivity index is 3.37. The number of halogens is 1. The van der Waals surface area contributed by atoms with E-state index in [9.17, 15) is 4.79 Å². The molecule has 52 valence electrons. The van der Waals surface area contributed by atoms with E-state index in [2.05, 4.69) is 21.2 Å². The van der Waals surface area contributed by atoms with Crippen LogP contribution in [0.4, 0.5) is 0 Å². The maximum Gasteiger partial charge on any atom is 0.243 e. The van der Waals surface area contributed by atoms with Gasteiger partial charge >= 0.3 is 0 Å². The van der Waals surface area contributed by atoms with Crippen LogP contribution in [0.5, 0.6) is 0 Å². The van der Waals surface area contributed by atoms with E-state index in [0.29, 0.717) is 6.54 Å². The molecule has 0 aromatic carbocycles. The summed E-state index contributed by atoms with van der Waals surface area (Å²) in [6.07, 6.45) is 3.27.